The lowest BCUT2D eigenvalue weighted by molar-refractivity contribution is 0.289. The van der Waals surface area contributed by atoms with Crippen LogP contribution < -0.4 is 0 Å². The summed E-state index contributed by atoms with van der Waals surface area (Å²) in [7, 11) is -1.61. The lowest BCUT2D eigenvalue weighted by Gasteiger charge is -2.36. The first-order valence-electron chi connectivity index (χ1n) is 6.80. The van der Waals surface area contributed by atoms with Crippen LogP contribution in [0.3, 0.4) is 0 Å². The zero-order chi connectivity index (χ0) is 14.2. The van der Waals surface area contributed by atoms with Crippen molar-refractivity contribution in [2.45, 2.75) is 58.2 Å². The third-order valence-electron chi connectivity index (χ3n) is 3.57. The minimum atomic E-state index is -1.61. The Hall–Kier alpha value is -0.383. The molecule has 0 unspecified atom stereocenters. The molecule has 0 rings (SSSR count). The van der Waals surface area contributed by atoms with Crippen molar-refractivity contribution in [1.82, 2.24) is 0 Å². The molecule has 0 aliphatic heterocycles. The van der Waals surface area contributed by atoms with E-state index in [0.717, 1.165) is 31.4 Å². The topological polar surface area (TPSA) is 29.5 Å². The van der Waals surface area contributed by atoms with E-state index < -0.39 is 8.32 Å². The van der Waals surface area contributed by atoms with Gasteiger partial charge in [-0.15, -0.1) is 0 Å². The number of hydrogen-bond donors (Lipinski definition) is 1. The van der Waals surface area contributed by atoms with Crippen molar-refractivity contribution in [3.63, 3.8) is 0 Å². The van der Waals surface area contributed by atoms with Crippen LogP contribution in [-0.4, -0.2) is 26.6 Å². The Morgan fingerprint density at radius 3 is 2.44 bits per heavy atom. The molecule has 0 radical (unpaired) electrons. The van der Waals surface area contributed by atoms with Crippen molar-refractivity contribution in [2.75, 3.05) is 13.2 Å². The second-order valence-electron chi connectivity index (χ2n) is 6.29. The highest BCUT2D eigenvalue weighted by Gasteiger charge is 2.36. The van der Waals surface area contributed by atoms with Gasteiger partial charge >= 0.3 is 0 Å². The van der Waals surface area contributed by atoms with Crippen LogP contribution >= 0.6 is 0 Å². The summed E-state index contributed by atoms with van der Waals surface area (Å²) in [6, 6.07) is 0. The fourth-order valence-corrected chi connectivity index (χ4v) is 2.24. The van der Waals surface area contributed by atoms with Crippen LogP contribution in [0, 0.1) is 0 Å². The highest BCUT2D eigenvalue weighted by Crippen LogP contribution is 2.36. The zero-order valence-corrected chi connectivity index (χ0v) is 13.8. The quantitative estimate of drug-likeness (QED) is 0.405. The van der Waals surface area contributed by atoms with Crippen LogP contribution in [0.1, 0.15) is 40.0 Å². The monoisotopic (exact) mass is 270 g/mol. The molecule has 0 bridgehead atoms. The summed E-state index contributed by atoms with van der Waals surface area (Å²) >= 11 is 0. The minimum Gasteiger partial charge on any atom is -0.416 e. The predicted octanol–water partition coefficient (Wildman–Crippen LogP) is 4.28. The lowest BCUT2D eigenvalue weighted by atomic mass is 10.2. The third-order valence-corrected chi connectivity index (χ3v) is 8.11. The van der Waals surface area contributed by atoms with Gasteiger partial charge in [0.15, 0.2) is 8.32 Å². The van der Waals surface area contributed by atoms with Crippen LogP contribution in [0.4, 0.5) is 0 Å². The van der Waals surface area contributed by atoms with Crippen molar-refractivity contribution < 1.29 is 9.53 Å². The van der Waals surface area contributed by atoms with Gasteiger partial charge in [-0.2, -0.15) is 0 Å². The summed E-state index contributed by atoms with van der Waals surface area (Å²) in [5.74, 6) is 0. The molecule has 18 heavy (non-hydrogen) atoms. The fraction of sp³-hybridized carbons (Fsp3) is 0.733. The maximum absolute atomic E-state index is 8.67. The van der Waals surface area contributed by atoms with Gasteiger partial charge in [0.2, 0.25) is 0 Å². The van der Waals surface area contributed by atoms with Crippen molar-refractivity contribution in [1.29, 1.82) is 0 Å². The first-order chi connectivity index (χ1) is 8.20. The smallest absolute Gasteiger partial charge is 0.191 e. The normalized spacial score (nSPS) is 13.2. The molecular weight excluding hydrogens is 240 g/mol. The molecule has 0 fully saturated rings. The van der Waals surface area contributed by atoms with Gasteiger partial charge in [-0.3, -0.25) is 0 Å². The van der Waals surface area contributed by atoms with Crippen molar-refractivity contribution >= 4 is 8.32 Å². The predicted molar refractivity (Wildman–Crippen MR) is 82.4 cm³/mol. The lowest BCUT2D eigenvalue weighted by Crippen LogP contribution is -2.40. The first kappa shape index (κ1) is 17.6. The molecule has 0 aliphatic carbocycles. The molecule has 0 aromatic carbocycles. The molecule has 106 valence electrons. The van der Waals surface area contributed by atoms with Gasteiger partial charge in [-0.05, 0) is 37.4 Å². The Morgan fingerprint density at radius 2 is 1.94 bits per heavy atom. The highest BCUT2D eigenvalue weighted by atomic mass is 28.4. The van der Waals surface area contributed by atoms with Crippen LogP contribution in [0.15, 0.2) is 24.3 Å². The fourth-order valence-electron chi connectivity index (χ4n) is 1.20. The summed E-state index contributed by atoms with van der Waals surface area (Å²) in [6.45, 7) is 16.3. The highest BCUT2D eigenvalue weighted by molar-refractivity contribution is 6.74. The van der Waals surface area contributed by atoms with Crippen molar-refractivity contribution in [3.8, 4) is 0 Å². The van der Waals surface area contributed by atoms with E-state index >= 15 is 0 Å². The largest absolute Gasteiger partial charge is 0.416 e. The van der Waals surface area contributed by atoms with E-state index in [1.807, 2.05) is 6.08 Å². The standard InChI is InChI=1S/C15H30O2Si/c1-14(10-8-7-9-12-16)11-13-17-18(5,6)15(2,3)4/h8,10,16H,1,7,9,11-13H2,2-6H3/b10-8+. The second-order valence-corrected chi connectivity index (χ2v) is 11.1. The van der Waals surface area contributed by atoms with E-state index in [9.17, 15) is 0 Å². The molecule has 2 nitrogen and oxygen atoms in total. The first-order valence-corrected chi connectivity index (χ1v) is 9.70. The number of hydrogen-bond acceptors (Lipinski definition) is 2. The molecule has 0 amide bonds. The molecular formula is C15H30O2Si. The maximum atomic E-state index is 8.67. The maximum Gasteiger partial charge on any atom is 0.191 e. The van der Waals surface area contributed by atoms with E-state index in [1.54, 1.807) is 0 Å². The Labute approximate surface area is 114 Å². The summed E-state index contributed by atoms with van der Waals surface area (Å²) in [5, 5.41) is 8.94. The number of allylic oxidation sites excluding steroid dienone is 2. The molecule has 0 saturated carbocycles. The minimum absolute atomic E-state index is 0.255. The number of aliphatic hydroxyl groups is 1. The number of aliphatic hydroxyl groups excluding tert-OH is 1. The van der Waals surface area contributed by atoms with Crippen LogP contribution in [0.25, 0.3) is 0 Å². The Bertz CT molecular complexity index is 275. The average molecular weight is 270 g/mol. The zero-order valence-electron chi connectivity index (χ0n) is 12.8. The van der Waals surface area contributed by atoms with Crippen LogP contribution in [-0.2, 0) is 4.43 Å². The van der Waals surface area contributed by atoms with Crippen LogP contribution in [0.5, 0.6) is 0 Å². The SMILES string of the molecule is C=C(/C=C/CCCO)CCO[Si](C)(C)C(C)(C)C. The summed E-state index contributed by atoms with van der Waals surface area (Å²) < 4.78 is 6.10. The van der Waals surface area contributed by atoms with Crippen molar-refractivity contribution in [2.24, 2.45) is 0 Å². The van der Waals surface area contributed by atoms with E-state index in [0.29, 0.717) is 0 Å². The van der Waals surface area contributed by atoms with E-state index in [1.165, 1.54) is 0 Å². The molecule has 1 N–H and O–H groups in total. The molecule has 0 spiro atoms. The molecule has 0 aromatic rings. The molecule has 0 aliphatic rings. The van der Waals surface area contributed by atoms with Gasteiger partial charge in [0.1, 0.15) is 0 Å². The summed E-state index contributed by atoms with van der Waals surface area (Å²) in [4.78, 5) is 0. The van der Waals surface area contributed by atoms with Gasteiger partial charge < -0.3 is 9.53 Å². The molecule has 0 atom stereocenters. The van der Waals surface area contributed by atoms with Gasteiger partial charge in [0.25, 0.3) is 0 Å². The van der Waals surface area contributed by atoms with Gasteiger partial charge in [0, 0.05) is 13.2 Å². The Balaban J connectivity index is 3.91. The Kier molecular flexibility index (Phi) is 7.75. The van der Waals surface area contributed by atoms with E-state index in [2.05, 4.69) is 46.5 Å². The third kappa shape index (κ3) is 7.14. The van der Waals surface area contributed by atoms with Gasteiger partial charge in [-0.1, -0.05) is 45.1 Å². The average Bonchev–Trinajstić information content (AvgIpc) is 2.22. The second kappa shape index (κ2) is 7.92. The molecule has 0 heterocycles. The van der Waals surface area contributed by atoms with Gasteiger partial charge in [0.05, 0.1) is 0 Å². The summed E-state index contributed by atoms with van der Waals surface area (Å²) in [6.07, 6.45) is 6.75. The van der Waals surface area contributed by atoms with Crippen LogP contribution in [0.2, 0.25) is 18.1 Å². The van der Waals surface area contributed by atoms with Crippen molar-refractivity contribution in [3.05, 3.63) is 24.3 Å². The number of unbranched alkanes of at least 4 members (excludes halogenated alkanes) is 1. The number of rotatable bonds is 8. The molecule has 3 heteroatoms. The van der Waals surface area contributed by atoms with E-state index in [4.69, 9.17) is 9.53 Å². The van der Waals surface area contributed by atoms with Gasteiger partial charge in [-0.25, -0.2) is 0 Å². The Morgan fingerprint density at radius 1 is 1.33 bits per heavy atom. The van der Waals surface area contributed by atoms with E-state index in [-0.39, 0.29) is 11.6 Å². The molecule has 0 saturated heterocycles. The molecule has 0 aromatic heterocycles. The summed E-state index contributed by atoms with van der Waals surface area (Å²) in [5.41, 5.74) is 1.10.